The van der Waals surface area contributed by atoms with E-state index in [-0.39, 0.29) is 183 Å². The van der Waals surface area contributed by atoms with Crippen LogP contribution in [0.2, 0.25) is 0 Å². The van der Waals surface area contributed by atoms with Crippen molar-refractivity contribution in [1.29, 1.82) is 0 Å². The molecule has 384 valence electrons. The van der Waals surface area contributed by atoms with Crippen LogP contribution in [0.4, 0.5) is 45.5 Å². The molecule has 0 bridgehead atoms. The van der Waals surface area contributed by atoms with E-state index in [1.54, 1.807) is 0 Å². The summed E-state index contributed by atoms with van der Waals surface area (Å²) in [6.07, 6.45) is 0. The van der Waals surface area contributed by atoms with Crippen LogP contribution in [0.15, 0.2) is 122 Å². The third-order valence-electron chi connectivity index (χ3n) is 8.11. The Labute approximate surface area is 546 Å². The number of sulfone groups is 3. The van der Waals surface area contributed by atoms with E-state index in [0.717, 1.165) is 54.6 Å². The van der Waals surface area contributed by atoms with Crippen LogP contribution in [-0.4, -0.2) is 101 Å². The molecular weight excluding hydrogens is 1230 g/mol. The molecule has 75 heavy (non-hydrogen) atoms. The van der Waals surface area contributed by atoms with Crippen molar-refractivity contribution in [2.24, 2.45) is 30.7 Å². The summed E-state index contributed by atoms with van der Waals surface area (Å²) in [5.41, 5.74) is 8.20. The molecule has 4 N–H and O–H groups in total. The number of anilines is 2. The number of benzene rings is 4. The molecule has 4 aromatic carbocycles. The zero-order valence-corrected chi connectivity index (χ0v) is 55.5. The molecule has 0 aliphatic rings. The van der Waals surface area contributed by atoms with E-state index in [0.29, 0.717) is 12.1 Å². The number of nitrogens with two attached hydrogens (primary N) is 2. The maximum atomic E-state index is 12.8. The Kier molecular flexibility index (Phi) is 35.6. The number of nitrogens with zero attached hydrogens (tertiary/aromatic N) is 6. The largest absolute Gasteiger partial charge is 1.00 e. The second-order valence-electron chi connectivity index (χ2n) is 12.6. The average molecular weight is 1260 g/mol. The zero-order valence-electron chi connectivity index (χ0n) is 39.0. The fraction of sp³-hybridized carbons (Fsp3) is 0.200. The van der Waals surface area contributed by atoms with Crippen molar-refractivity contribution in [2.75, 3.05) is 48.5 Å². The molecule has 32 nitrogen and oxygen atoms in total. The Morgan fingerprint density at radius 2 is 0.813 bits per heavy atom. The van der Waals surface area contributed by atoms with Gasteiger partial charge in [-0.1, -0.05) is 0 Å². The van der Waals surface area contributed by atoms with E-state index < -0.39 is 157 Å². The summed E-state index contributed by atoms with van der Waals surface area (Å²) in [4.78, 5) is -4.24. The van der Waals surface area contributed by atoms with Gasteiger partial charge in [-0.15, -0.1) is 34.2 Å². The minimum atomic E-state index is -5.54. The van der Waals surface area contributed by atoms with Gasteiger partial charge in [0.15, 0.2) is 54.2 Å². The van der Waals surface area contributed by atoms with Crippen molar-refractivity contribution in [3.8, 4) is 0 Å². The van der Waals surface area contributed by atoms with Crippen LogP contribution in [-0.2, 0) is 91.4 Å². The Bertz CT molecular complexity index is 3190. The van der Waals surface area contributed by atoms with Gasteiger partial charge in [-0.3, -0.25) is 22.6 Å². The molecule has 0 aromatic heterocycles. The topological polar surface area (TPSA) is 511 Å². The summed E-state index contributed by atoms with van der Waals surface area (Å²) in [6.45, 7) is -2.23. The second-order valence-corrected chi connectivity index (χ2v) is 23.7. The number of hydrogen-bond acceptors (Lipinski definition) is 34. The molecule has 4 aromatic rings. The summed E-state index contributed by atoms with van der Waals surface area (Å²) in [7, 11) is -29.3. The first kappa shape index (κ1) is 77.3. The van der Waals surface area contributed by atoms with Crippen LogP contribution in [0.25, 0.3) is 0 Å². The van der Waals surface area contributed by atoms with Gasteiger partial charge >= 0.3 is 148 Å². The number of hydrogen-bond donors (Lipinski definition) is 2. The summed E-state index contributed by atoms with van der Waals surface area (Å²) >= 11 is -0.0254. The van der Waals surface area contributed by atoms with E-state index in [4.69, 9.17) is 11.5 Å². The van der Waals surface area contributed by atoms with Crippen molar-refractivity contribution in [2.45, 2.75) is 24.5 Å². The molecule has 0 radical (unpaired) electrons. The third kappa shape index (κ3) is 24.7. The predicted octanol–water partition coefficient (Wildman–Crippen LogP) is -13.7. The van der Waals surface area contributed by atoms with Crippen LogP contribution < -0.4 is 170 Å². The molecule has 4 rings (SSSR count). The molecule has 0 saturated heterocycles. The summed E-state index contributed by atoms with van der Waals surface area (Å²) < 4.78 is 203. The quantitative estimate of drug-likeness (QED) is 0.00644. The Hall–Kier alpha value is 0.200. The maximum absolute atomic E-state index is 12.8. The van der Waals surface area contributed by atoms with E-state index in [9.17, 15) is 74.7 Å². The fourth-order valence-corrected chi connectivity index (χ4v) is 10.7. The first-order valence-electron chi connectivity index (χ1n) is 17.6. The van der Waals surface area contributed by atoms with Crippen LogP contribution >= 0.6 is 24.6 Å². The Balaban J connectivity index is 0. The van der Waals surface area contributed by atoms with Gasteiger partial charge in [0.05, 0.1) is 78.6 Å². The molecule has 0 saturated carbocycles. The van der Waals surface area contributed by atoms with Gasteiger partial charge in [0.2, 0.25) is 10.4 Å². The minimum Gasteiger partial charge on any atom is -0.744 e. The SMILES string of the molecule is Nc1c(N=Nc2ccc(S(=O)(=O)CCOSOO[O-])cc2S(=O)(=O)[O-])cc(N=Nc2ccc(S(=O)(=O)CCOSOO[O-])cc2S(=O)(=O)[O-])c(N)c1N=Nc1ccc(S(=O)(=O)CCOS(=O)(=O)[O-])cc1.[Na+].[Na+].[Na+].[Na+].[Na+]. The minimum absolute atomic E-state index is 0. The van der Waals surface area contributed by atoms with Gasteiger partial charge in [-0.2, -0.15) is 5.11 Å². The summed E-state index contributed by atoms with van der Waals surface area (Å²) in [5, 5.41) is 48.8. The molecule has 0 unspecified atom stereocenters. The van der Waals surface area contributed by atoms with Gasteiger partial charge in [0, 0.05) is 0 Å². The Morgan fingerprint density at radius 1 is 0.453 bits per heavy atom. The van der Waals surface area contributed by atoms with Crippen molar-refractivity contribution >= 4 is 130 Å². The van der Waals surface area contributed by atoms with Gasteiger partial charge in [-0.25, -0.2) is 50.5 Å². The molecule has 0 aliphatic carbocycles. The van der Waals surface area contributed by atoms with Crippen molar-refractivity contribution in [3.63, 3.8) is 0 Å². The zero-order chi connectivity index (χ0) is 52.1. The first-order valence-corrected chi connectivity index (χ1v) is 28.1. The van der Waals surface area contributed by atoms with Crippen molar-refractivity contribution in [1.82, 2.24) is 0 Å². The number of nitrogen functional groups attached to an aromatic ring is 2. The molecule has 0 spiro atoms. The molecule has 0 aliphatic heterocycles. The monoisotopic (exact) mass is 1250 g/mol. The standard InChI is InChI=1S/C30H32N8O24S8.5Na/c31-28-24(36-34-22-7-5-20(15-26(22)68(47,48)49)66(43,44)12-9-56-63-61-59-39)17-25(29(32)30(28)38-33-18-1-3-19(4-2-18)65(41,42)14-11-58-70(53,54)55)37-35-23-8-6-21(16-27(23)69(50,51)52)67(45,46)13-10-57-64-62-60-40;;;;;/h1-8,15-17,39-40H,9-14,31-32H2,(H,47,48,49)(H,50,51,52)(H,53,54,55);;;;;/q;5*+1/p-5. The van der Waals surface area contributed by atoms with E-state index in [1.165, 1.54) is 0 Å². The van der Waals surface area contributed by atoms with E-state index in [2.05, 4.69) is 62.0 Å². The fourth-order valence-electron chi connectivity index (χ4n) is 4.95. The molecule has 0 heterocycles. The van der Waals surface area contributed by atoms with E-state index >= 15 is 0 Å². The van der Waals surface area contributed by atoms with Gasteiger partial charge in [-0.05, 0) is 66.7 Å². The summed E-state index contributed by atoms with van der Waals surface area (Å²) in [5.74, 6) is -2.57. The van der Waals surface area contributed by atoms with Gasteiger partial charge < -0.3 is 35.6 Å². The van der Waals surface area contributed by atoms with Gasteiger partial charge in [0.1, 0.15) is 48.7 Å². The molecule has 0 amide bonds. The molecule has 0 atom stereocenters. The number of azo groups is 3. The van der Waals surface area contributed by atoms with Gasteiger partial charge in [0.25, 0.3) is 0 Å². The third-order valence-corrected chi connectivity index (χ3v) is 16.1. The summed E-state index contributed by atoms with van der Waals surface area (Å²) in [6, 6.07) is 9.19. The first-order chi connectivity index (χ1) is 32.6. The Morgan fingerprint density at radius 3 is 1.19 bits per heavy atom. The normalized spacial score (nSPS) is 12.4. The smallest absolute Gasteiger partial charge is 0.744 e. The average Bonchev–Trinajstić information content (AvgIpc) is 3.27. The van der Waals surface area contributed by atoms with Crippen LogP contribution in [0.3, 0.4) is 0 Å². The van der Waals surface area contributed by atoms with Crippen LogP contribution in [0, 0.1) is 0 Å². The molecule has 45 heteroatoms. The molecular formula is C30H27N8Na5O24S8. The second kappa shape index (κ2) is 34.6. The van der Waals surface area contributed by atoms with E-state index in [1.807, 2.05) is 0 Å². The molecule has 0 fully saturated rings. The maximum Gasteiger partial charge on any atom is 1.00 e. The van der Waals surface area contributed by atoms with Crippen molar-refractivity contribution in [3.05, 3.63) is 66.7 Å². The van der Waals surface area contributed by atoms with Crippen molar-refractivity contribution < 1.29 is 254 Å². The predicted molar refractivity (Wildman–Crippen MR) is 226 cm³/mol. The van der Waals surface area contributed by atoms with Crippen LogP contribution in [0.1, 0.15) is 0 Å². The number of rotatable bonds is 27. The van der Waals surface area contributed by atoms with Crippen LogP contribution in [0.5, 0.6) is 0 Å².